The van der Waals surface area contributed by atoms with E-state index in [9.17, 15) is 9.59 Å². The number of thiophene rings is 1. The molecule has 0 aliphatic heterocycles. The van der Waals surface area contributed by atoms with Gasteiger partial charge in [-0.1, -0.05) is 29.8 Å². The number of halogens is 2. The average Bonchev–Trinajstić information content (AvgIpc) is 3.13. The maximum absolute atomic E-state index is 12.5. The van der Waals surface area contributed by atoms with Crippen LogP contribution in [-0.4, -0.2) is 17.7 Å². The Morgan fingerprint density at radius 3 is 2.83 bits per heavy atom. The first-order valence-electron chi connectivity index (χ1n) is 7.58. The van der Waals surface area contributed by atoms with Crippen molar-refractivity contribution < 1.29 is 9.59 Å². The van der Waals surface area contributed by atoms with Crippen LogP contribution in [-0.2, 0) is 22.6 Å². The summed E-state index contributed by atoms with van der Waals surface area (Å²) in [4.78, 5) is 25.1. The van der Waals surface area contributed by atoms with E-state index in [1.54, 1.807) is 6.07 Å². The number of rotatable bonds is 5. The highest BCUT2D eigenvalue weighted by atomic mass is 35.5. The third-order valence-corrected chi connectivity index (χ3v) is 5.73. The molecule has 1 aromatic heterocycles. The minimum absolute atomic E-state index is 0.0123. The van der Waals surface area contributed by atoms with Crippen LogP contribution in [0, 0.1) is 0 Å². The van der Waals surface area contributed by atoms with Crippen LogP contribution in [0.1, 0.15) is 28.3 Å². The lowest BCUT2D eigenvalue weighted by Crippen LogP contribution is -2.27. The van der Waals surface area contributed by atoms with E-state index < -0.39 is 0 Å². The van der Waals surface area contributed by atoms with Crippen LogP contribution in [0.15, 0.2) is 30.3 Å². The number of hydrogen-bond acceptors (Lipinski definition) is 3. The van der Waals surface area contributed by atoms with E-state index >= 15 is 0 Å². The van der Waals surface area contributed by atoms with Crippen molar-refractivity contribution in [2.45, 2.75) is 25.3 Å². The molecule has 1 aliphatic carbocycles. The third-order valence-electron chi connectivity index (χ3n) is 3.99. The van der Waals surface area contributed by atoms with Gasteiger partial charge in [-0.2, -0.15) is 0 Å². The zero-order valence-electron chi connectivity index (χ0n) is 12.8. The van der Waals surface area contributed by atoms with Crippen molar-refractivity contribution in [3.05, 3.63) is 51.4 Å². The number of benzene rings is 1. The maximum atomic E-state index is 12.5. The monoisotopic (exact) mass is 382 g/mol. The molecule has 126 valence electrons. The summed E-state index contributed by atoms with van der Waals surface area (Å²) in [7, 11) is 0. The molecule has 0 bridgehead atoms. The van der Waals surface area contributed by atoms with Gasteiger partial charge in [0, 0.05) is 16.4 Å². The molecule has 24 heavy (non-hydrogen) atoms. The van der Waals surface area contributed by atoms with Crippen LogP contribution in [0.3, 0.4) is 0 Å². The Labute approximate surface area is 154 Å². The molecule has 0 saturated heterocycles. The van der Waals surface area contributed by atoms with Gasteiger partial charge in [0.05, 0.1) is 10.9 Å². The van der Waals surface area contributed by atoms with Gasteiger partial charge in [-0.05, 0) is 36.1 Å². The van der Waals surface area contributed by atoms with Crippen LogP contribution in [0.4, 0.5) is 5.00 Å². The van der Waals surface area contributed by atoms with Crippen molar-refractivity contribution in [1.82, 2.24) is 5.32 Å². The molecule has 0 fully saturated rings. The van der Waals surface area contributed by atoms with E-state index in [-0.39, 0.29) is 23.6 Å². The quantitative estimate of drug-likeness (QED) is 0.769. The zero-order chi connectivity index (χ0) is 17.1. The average molecular weight is 383 g/mol. The highest BCUT2D eigenvalue weighted by Gasteiger charge is 2.31. The lowest BCUT2D eigenvalue weighted by atomic mass is 10.0. The second-order valence-corrected chi connectivity index (χ2v) is 7.38. The van der Waals surface area contributed by atoms with Crippen molar-refractivity contribution in [3.63, 3.8) is 0 Å². The number of nitrogens with one attached hydrogen (secondary N) is 2. The normalized spacial score (nSPS) is 15.8. The second kappa shape index (κ2) is 7.55. The number of aryl methyl sites for hydroxylation is 1. The molecule has 2 aromatic rings. The van der Waals surface area contributed by atoms with Gasteiger partial charge in [0.2, 0.25) is 11.8 Å². The number of alkyl halides is 1. The Kier molecular flexibility index (Phi) is 5.43. The van der Waals surface area contributed by atoms with Crippen LogP contribution >= 0.6 is 34.5 Å². The topological polar surface area (TPSA) is 58.2 Å². The fourth-order valence-corrected chi connectivity index (χ4v) is 4.24. The molecule has 0 radical (unpaired) electrons. The SMILES string of the molecule is O=C(CCl)Nc1cc2c(s1)CCC2C(=O)NCc1ccccc1Cl. The molecule has 1 atom stereocenters. The highest BCUT2D eigenvalue weighted by molar-refractivity contribution is 7.16. The minimum atomic E-state index is -0.240. The Morgan fingerprint density at radius 1 is 1.29 bits per heavy atom. The van der Waals surface area contributed by atoms with Crippen molar-refractivity contribution in [2.24, 2.45) is 0 Å². The zero-order valence-corrected chi connectivity index (χ0v) is 15.1. The minimum Gasteiger partial charge on any atom is -0.351 e. The molecule has 1 unspecified atom stereocenters. The lowest BCUT2D eigenvalue weighted by Gasteiger charge is -2.12. The molecule has 4 nitrogen and oxygen atoms in total. The predicted octanol–water partition coefficient (Wildman–Crippen LogP) is 3.93. The van der Waals surface area contributed by atoms with Gasteiger partial charge < -0.3 is 10.6 Å². The van der Waals surface area contributed by atoms with Gasteiger partial charge in [0.25, 0.3) is 0 Å². The van der Waals surface area contributed by atoms with Gasteiger partial charge in [-0.3, -0.25) is 9.59 Å². The molecule has 2 amide bonds. The fourth-order valence-electron chi connectivity index (χ4n) is 2.82. The summed E-state index contributed by atoms with van der Waals surface area (Å²) >= 11 is 13.1. The number of amides is 2. The molecule has 1 aromatic carbocycles. The fraction of sp³-hybridized carbons (Fsp3) is 0.294. The van der Waals surface area contributed by atoms with E-state index in [2.05, 4.69) is 10.6 Å². The summed E-state index contributed by atoms with van der Waals surface area (Å²) in [5.74, 6) is -0.511. The molecule has 1 heterocycles. The van der Waals surface area contributed by atoms with Crippen molar-refractivity contribution >= 4 is 51.4 Å². The van der Waals surface area contributed by atoms with E-state index in [4.69, 9.17) is 23.2 Å². The Balaban J connectivity index is 1.66. The number of hydrogen-bond donors (Lipinski definition) is 2. The Morgan fingerprint density at radius 2 is 2.08 bits per heavy atom. The van der Waals surface area contributed by atoms with Gasteiger partial charge in [-0.25, -0.2) is 0 Å². The standard InChI is InChI=1S/C17H16Cl2N2O2S/c18-8-15(22)21-16-7-12-11(5-6-14(12)24-16)17(23)20-9-10-3-1-2-4-13(10)19/h1-4,7,11H,5-6,8-9H2,(H,20,23)(H,21,22). The Bertz CT molecular complexity index is 776. The molecule has 2 N–H and O–H groups in total. The van der Waals surface area contributed by atoms with E-state index in [1.807, 2.05) is 24.3 Å². The first-order valence-corrected chi connectivity index (χ1v) is 9.31. The van der Waals surface area contributed by atoms with E-state index in [1.165, 1.54) is 11.3 Å². The molecule has 1 aliphatic rings. The van der Waals surface area contributed by atoms with Gasteiger partial charge >= 0.3 is 0 Å². The summed E-state index contributed by atoms with van der Waals surface area (Å²) in [5.41, 5.74) is 1.90. The third kappa shape index (κ3) is 3.74. The Hall–Kier alpha value is -1.56. The first kappa shape index (κ1) is 17.3. The van der Waals surface area contributed by atoms with Crippen LogP contribution in [0.2, 0.25) is 5.02 Å². The maximum Gasteiger partial charge on any atom is 0.239 e. The first-order chi connectivity index (χ1) is 11.6. The van der Waals surface area contributed by atoms with Crippen LogP contribution < -0.4 is 10.6 Å². The molecular formula is C17H16Cl2N2O2S. The molecule has 7 heteroatoms. The van der Waals surface area contributed by atoms with E-state index in [0.29, 0.717) is 11.6 Å². The summed E-state index contributed by atoms with van der Waals surface area (Å²) in [6, 6.07) is 9.34. The molecule has 0 saturated carbocycles. The van der Waals surface area contributed by atoms with Crippen molar-refractivity contribution in [1.29, 1.82) is 0 Å². The molecule has 0 spiro atoms. The highest BCUT2D eigenvalue weighted by Crippen LogP contribution is 2.41. The number of anilines is 1. The van der Waals surface area contributed by atoms with Gasteiger partial charge in [0.1, 0.15) is 5.88 Å². The smallest absolute Gasteiger partial charge is 0.239 e. The summed E-state index contributed by atoms with van der Waals surface area (Å²) in [5, 5.41) is 7.09. The summed E-state index contributed by atoms with van der Waals surface area (Å²) in [6.45, 7) is 0.407. The van der Waals surface area contributed by atoms with Crippen LogP contribution in [0.5, 0.6) is 0 Å². The van der Waals surface area contributed by atoms with Crippen molar-refractivity contribution in [3.8, 4) is 0 Å². The summed E-state index contributed by atoms with van der Waals surface area (Å²) in [6.07, 6.45) is 1.64. The molecular weight excluding hydrogens is 367 g/mol. The number of carbonyl (C=O) groups excluding carboxylic acids is 2. The predicted molar refractivity (Wildman–Crippen MR) is 98.0 cm³/mol. The van der Waals surface area contributed by atoms with Gasteiger partial charge in [0.15, 0.2) is 0 Å². The van der Waals surface area contributed by atoms with E-state index in [0.717, 1.165) is 33.8 Å². The largest absolute Gasteiger partial charge is 0.351 e. The van der Waals surface area contributed by atoms with Crippen molar-refractivity contribution in [2.75, 3.05) is 11.2 Å². The van der Waals surface area contributed by atoms with Crippen LogP contribution in [0.25, 0.3) is 0 Å². The van der Waals surface area contributed by atoms with Gasteiger partial charge in [-0.15, -0.1) is 22.9 Å². The number of fused-ring (bicyclic) bond motifs is 1. The second-order valence-electron chi connectivity index (χ2n) is 5.57. The molecule has 3 rings (SSSR count). The lowest BCUT2D eigenvalue weighted by molar-refractivity contribution is -0.122. The number of carbonyl (C=O) groups is 2. The summed E-state index contributed by atoms with van der Waals surface area (Å²) < 4.78 is 0.